The van der Waals surface area contributed by atoms with Gasteiger partial charge in [0.25, 0.3) is 0 Å². The highest BCUT2D eigenvalue weighted by molar-refractivity contribution is 5.33. The van der Waals surface area contributed by atoms with Gasteiger partial charge in [-0.25, -0.2) is 0 Å². The average molecular weight is 609 g/mol. The lowest BCUT2D eigenvalue weighted by Gasteiger charge is -2.39. The minimum absolute atomic E-state index is 0.0342. The van der Waals surface area contributed by atoms with Gasteiger partial charge in [-0.15, -0.1) is 13.2 Å². The van der Waals surface area contributed by atoms with Crippen LogP contribution in [0.3, 0.4) is 0 Å². The van der Waals surface area contributed by atoms with Crippen LogP contribution in [-0.4, -0.2) is 42.4 Å². The molecule has 3 rings (SSSR count). The summed E-state index contributed by atoms with van der Waals surface area (Å²) in [6.07, 6.45) is -19.5. The molecule has 15 heteroatoms. The number of rotatable bonds is 10. The number of ether oxygens (including phenoxy) is 2. The maximum absolute atomic E-state index is 14.1. The highest BCUT2D eigenvalue weighted by Crippen LogP contribution is 2.50. The molecule has 0 spiro atoms. The fraction of sp³-hybridized carbons (Fsp3) is 0.538. The van der Waals surface area contributed by atoms with E-state index in [2.05, 4.69) is 10.1 Å². The summed E-state index contributed by atoms with van der Waals surface area (Å²) in [7, 11) is 0. The molecule has 0 amide bonds. The third-order valence-electron chi connectivity index (χ3n) is 6.74. The summed E-state index contributed by atoms with van der Waals surface area (Å²) in [6, 6.07) is 9.29. The second kappa shape index (κ2) is 12.6. The van der Waals surface area contributed by atoms with Crippen LogP contribution in [0.5, 0.6) is 11.5 Å². The number of halogens is 11. The SMILES string of the molecule is OC(CNC(c1cccc(OCc2cccc(OC(F)(F)F)c2)c1)C1CCCC(C(F)(F)C(F)(F)F)C1)C(F)(F)F. The van der Waals surface area contributed by atoms with Gasteiger partial charge in [0.1, 0.15) is 18.1 Å². The van der Waals surface area contributed by atoms with E-state index >= 15 is 0 Å². The molecule has 0 bridgehead atoms. The molecule has 4 nitrogen and oxygen atoms in total. The average Bonchev–Trinajstić information content (AvgIpc) is 2.86. The van der Waals surface area contributed by atoms with Gasteiger partial charge < -0.3 is 19.9 Å². The van der Waals surface area contributed by atoms with E-state index in [1.807, 2.05) is 0 Å². The highest BCUT2D eigenvalue weighted by Gasteiger charge is 2.62. The first-order valence-electron chi connectivity index (χ1n) is 12.4. The van der Waals surface area contributed by atoms with Crippen LogP contribution >= 0.6 is 0 Å². The third kappa shape index (κ3) is 9.09. The molecule has 4 unspecified atom stereocenters. The molecule has 41 heavy (non-hydrogen) atoms. The van der Waals surface area contributed by atoms with E-state index in [0.717, 1.165) is 12.1 Å². The Morgan fingerprint density at radius 2 is 1.51 bits per heavy atom. The van der Waals surface area contributed by atoms with Gasteiger partial charge in [0.2, 0.25) is 0 Å². The van der Waals surface area contributed by atoms with Gasteiger partial charge in [0.05, 0.1) is 0 Å². The lowest BCUT2D eigenvalue weighted by atomic mass is 9.73. The molecule has 1 fully saturated rings. The zero-order valence-electron chi connectivity index (χ0n) is 21.1. The normalized spacial score (nSPS) is 20.4. The van der Waals surface area contributed by atoms with Crippen LogP contribution in [0.25, 0.3) is 0 Å². The Balaban J connectivity index is 1.82. The maximum atomic E-state index is 14.1. The molecule has 0 heterocycles. The van der Waals surface area contributed by atoms with Crippen LogP contribution < -0.4 is 14.8 Å². The van der Waals surface area contributed by atoms with Crippen molar-refractivity contribution in [3.05, 3.63) is 59.7 Å². The van der Waals surface area contributed by atoms with Crippen LogP contribution in [0.1, 0.15) is 42.9 Å². The van der Waals surface area contributed by atoms with Gasteiger partial charge in [-0.3, -0.25) is 0 Å². The second-order valence-electron chi connectivity index (χ2n) is 9.74. The zero-order chi connectivity index (χ0) is 30.6. The number of aliphatic hydroxyl groups excluding tert-OH is 1. The van der Waals surface area contributed by atoms with Crippen LogP contribution in [0.2, 0.25) is 0 Å². The number of benzene rings is 2. The van der Waals surface area contributed by atoms with Crippen molar-refractivity contribution >= 4 is 0 Å². The zero-order valence-corrected chi connectivity index (χ0v) is 21.1. The number of hydrogen-bond acceptors (Lipinski definition) is 4. The second-order valence-corrected chi connectivity index (χ2v) is 9.74. The fourth-order valence-corrected chi connectivity index (χ4v) is 4.80. The van der Waals surface area contributed by atoms with E-state index in [1.54, 1.807) is 0 Å². The van der Waals surface area contributed by atoms with Gasteiger partial charge in [-0.1, -0.05) is 30.7 Å². The van der Waals surface area contributed by atoms with Gasteiger partial charge in [-0.2, -0.15) is 35.1 Å². The smallest absolute Gasteiger partial charge is 0.489 e. The number of hydrogen-bond donors (Lipinski definition) is 2. The Morgan fingerprint density at radius 1 is 0.854 bits per heavy atom. The molecule has 0 aliphatic heterocycles. The number of nitrogens with one attached hydrogen (secondary N) is 1. The Kier molecular flexibility index (Phi) is 10.0. The topological polar surface area (TPSA) is 50.7 Å². The van der Waals surface area contributed by atoms with Crippen molar-refractivity contribution in [2.24, 2.45) is 11.8 Å². The van der Waals surface area contributed by atoms with Crippen molar-refractivity contribution in [2.75, 3.05) is 6.54 Å². The van der Waals surface area contributed by atoms with Crippen LogP contribution in [0, 0.1) is 11.8 Å². The largest absolute Gasteiger partial charge is 0.573 e. The summed E-state index contributed by atoms with van der Waals surface area (Å²) in [6.45, 7) is -1.31. The fourth-order valence-electron chi connectivity index (χ4n) is 4.80. The van der Waals surface area contributed by atoms with Gasteiger partial charge in [0.15, 0.2) is 6.10 Å². The molecule has 230 valence electrons. The molecule has 2 aromatic carbocycles. The molecule has 0 saturated heterocycles. The minimum atomic E-state index is -5.80. The summed E-state index contributed by atoms with van der Waals surface area (Å²) in [5.41, 5.74) is 0.469. The Hall–Kier alpha value is -2.81. The molecule has 1 saturated carbocycles. The molecule has 1 aliphatic rings. The summed E-state index contributed by atoms with van der Waals surface area (Å²) >= 11 is 0. The lowest BCUT2D eigenvalue weighted by molar-refractivity contribution is -0.307. The van der Waals surface area contributed by atoms with Crippen molar-refractivity contribution < 1.29 is 62.9 Å². The molecule has 1 aliphatic carbocycles. The van der Waals surface area contributed by atoms with Crippen LogP contribution in [0.15, 0.2) is 48.5 Å². The van der Waals surface area contributed by atoms with E-state index in [4.69, 9.17) is 4.74 Å². The minimum Gasteiger partial charge on any atom is -0.489 e. The first kappa shape index (κ1) is 32.7. The maximum Gasteiger partial charge on any atom is 0.573 e. The molecule has 4 atom stereocenters. The Bertz CT molecular complexity index is 1130. The van der Waals surface area contributed by atoms with Gasteiger partial charge in [-0.05, 0) is 60.6 Å². The monoisotopic (exact) mass is 609 g/mol. The predicted molar refractivity (Wildman–Crippen MR) is 123 cm³/mol. The Morgan fingerprint density at radius 3 is 2.15 bits per heavy atom. The van der Waals surface area contributed by atoms with Gasteiger partial charge in [0, 0.05) is 18.5 Å². The molecule has 0 aromatic heterocycles. The van der Waals surface area contributed by atoms with E-state index in [1.165, 1.54) is 36.4 Å². The number of aliphatic hydroxyl groups is 1. The first-order chi connectivity index (χ1) is 18.9. The molecule has 2 N–H and O–H groups in total. The molecule has 0 radical (unpaired) electrons. The summed E-state index contributed by atoms with van der Waals surface area (Å²) < 4.78 is 153. The molecular formula is C26H26F11NO3. The van der Waals surface area contributed by atoms with Crippen molar-refractivity contribution in [3.8, 4) is 11.5 Å². The van der Waals surface area contributed by atoms with E-state index in [0.29, 0.717) is 0 Å². The molecule has 2 aromatic rings. The quantitative estimate of drug-likeness (QED) is 0.271. The Labute approximate surface area is 227 Å². The van der Waals surface area contributed by atoms with Crippen molar-refractivity contribution in [1.29, 1.82) is 0 Å². The van der Waals surface area contributed by atoms with E-state index < -0.39 is 73.8 Å². The lowest BCUT2D eigenvalue weighted by Crippen LogP contribution is -2.47. The summed E-state index contributed by atoms with van der Waals surface area (Å²) in [5.74, 6) is -8.45. The first-order valence-corrected chi connectivity index (χ1v) is 12.4. The van der Waals surface area contributed by atoms with Gasteiger partial charge >= 0.3 is 24.6 Å². The van der Waals surface area contributed by atoms with Crippen molar-refractivity contribution in [1.82, 2.24) is 5.32 Å². The predicted octanol–water partition coefficient (Wildman–Crippen LogP) is 7.72. The standard InChI is InChI=1S/C26H26F11NO3/c27-23(28,25(32,33)34)18-7-2-5-16(11-18)22(38-13-21(39)24(29,30)31)17-6-3-8-19(12-17)40-14-15-4-1-9-20(10-15)41-26(35,36)37/h1,3-4,6,8-10,12,16,18,21-22,38-39H,2,5,7,11,13-14H2. The summed E-state index contributed by atoms with van der Waals surface area (Å²) in [5, 5.41) is 11.9. The van der Waals surface area contributed by atoms with Crippen molar-refractivity contribution in [2.45, 2.75) is 69.1 Å². The summed E-state index contributed by atoms with van der Waals surface area (Å²) in [4.78, 5) is 0. The van der Waals surface area contributed by atoms with Crippen LogP contribution in [0.4, 0.5) is 48.3 Å². The third-order valence-corrected chi connectivity index (χ3v) is 6.74. The van der Waals surface area contributed by atoms with E-state index in [-0.39, 0.29) is 36.3 Å². The number of alkyl halides is 11. The van der Waals surface area contributed by atoms with E-state index in [9.17, 15) is 53.4 Å². The highest BCUT2D eigenvalue weighted by atomic mass is 19.4. The van der Waals surface area contributed by atoms with Crippen LogP contribution in [-0.2, 0) is 6.61 Å². The molecular weight excluding hydrogens is 583 g/mol. The van der Waals surface area contributed by atoms with Crippen molar-refractivity contribution in [3.63, 3.8) is 0 Å².